The first-order chi connectivity index (χ1) is 13.3. The summed E-state index contributed by atoms with van der Waals surface area (Å²) in [5.41, 5.74) is 1.04. The number of amides is 1. The topological polar surface area (TPSA) is 101 Å². The third kappa shape index (κ3) is 4.67. The fourth-order valence-electron chi connectivity index (χ4n) is 2.41. The molecule has 0 saturated heterocycles. The van der Waals surface area contributed by atoms with Crippen LogP contribution in [0.1, 0.15) is 27.9 Å². The second-order valence-corrected chi connectivity index (χ2v) is 9.05. The number of carbonyl (C=O) groups excluding carboxylic acids is 1. The Labute approximate surface area is 171 Å². The van der Waals surface area contributed by atoms with Crippen LogP contribution in [0.3, 0.4) is 0 Å². The molecule has 146 valence electrons. The molecule has 0 saturated carbocycles. The maximum Gasteiger partial charge on any atom is 0.262 e. The Hall–Kier alpha value is -2.49. The lowest BCUT2D eigenvalue weighted by molar-refractivity contribution is 0.102. The average molecular weight is 437 g/mol. The van der Waals surface area contributed by atoms with Gasteiger partial charge in [0, 0.05) is 10.6 Å². The van der Waals surface area contributed by atoms with Crippen molar-refractivity contribution in [2.75, 3.05) is 10.0 Å². The summed E-state index contributed by atoms with van der Waals surface area (Å²) < 4.78 is 28.1. The van der Waals surface area contributed by atoms with Gasteiger partial charge in [0.2, 0.25) is 5.13 Å². The molecule has 0 radical (unpaired) electrons. The van der Waals surface area contributed by atoms with Gasteiger partial charge in [-0.2, -0.15) is 0 Å². The minimum atomic E-state index is -3.90. The molecule has 7 nitrogen and oxygen atoms in total. The molecule has 0 aliphatic heterocycles. The van der Waals surface area contributed by atoms with E-state index in [0.717, 1.165) is 11.4 Å². The van der Waals surface area contributed by atoms with E-state index in [-0.39, 0.29) is 10.5 Å². The highest BCUT2D eigenvalue weighted by atomic mass is 35.5. The second-order valence-electron chi connectivity index (χ2n) is 5.90. The van der Waals surface area contributed by atoms with Crippen LogP contribution in [0.5, 0.6) is 0 Å². The van der Waals surface area contributed by atoms with Crippen molar-refractivity contribution in [2.45, 2.75) is 25.2 Å². The van der Waals surface area contributed by atoms with Crippen LogP contribution in [0.4, 0.5) is 10.8 Å². The SMILES string of the molecule is CCc1nnc(NC(=O)c2ccc(C)c(S(=O)(=O)Nc3cccc(Cl)c3)c2)s1. The molecule has 1 aromatic heterocycles. The van der Waals surface area contributed by atoms with Crippen molar-refractivity contribution in [2.24, 2.45) is 0 Å². The van der Waals surface area contributed by atoms with E-state index in [0.29, 0.717) is 21.4 Å². The van der Waals surface area contributed by atoms with Crippen molar-refractivity contribution in [1.29, 1.82) is 0 Å². The number of nitrogens with zero attached hydrogens (tertiary/aromatic N) is 2. The predicted molar refractivity (Wildman–Crippen MR) is 111 cm³/mol. The molecule has 0 spiro atoms. The number of hydrogen-bond acceptors (Lipinski definition) is 6. The number of rotatable bonds is 6. The molecule has 2 N–H and O–H groups in total. The molecule has 0 atom stereocenters. The number of benzene rings is 2. The van der Waals surface area contributed by atoms with Crippen LogP contribution in [-0.4, -0.2) is 24.5 Å². The van der Waals surface area contributed by atoms with Crippen LogP contribution < -0.4 is 10.0 Å². The molecule has 28 heavy (non-hydrogen) atoms. The van der Waals surface area contributed by atoms with E-state index in [2.05, 4.69) is 20.2 Å². The minimum absolute atomic E-state index is 0.00614. The number of aromatic nitrogens is 2. The Bertz CT molecular complexity index is 1130. The third-order valence-electron chi connectivity index (χ3n) is 3.81. The molecule has 0 aliphatic carbocycles. The lowest BCUT2D eigenvalue weighted by atomic mass is 10.1. The van der Waals surface area contributed by atoms with Gasteiger partial charge in [0.15, 0.2) is 0 Å². The van der Waals surface area contributed by atoms with Gasteiger partial charge in [0.25, 0.3) is 15.9 Å². The van der Waals surface area contributed by atoms with Crippen LogP contribution in [-0.2, 0) is 16.4 Å². The Kier molecular flexibility index (Phi) is 5.97. The number of sulfonamides is 1. The quantitative estimate of drug-likeness (QED) is 0.605. The first-order valence-corrected chi connectivity index (χ1v) is 11.0. The molecule has 1 amide bonds. The number of halogens is 1. The zero-order valence-electron chi connectivity index (χ0n) is 15.1. The fraction of sp³-hybridized carbons (Fsp3) is 0.167. The minimum Gasteiger partial charge on any atom is -0.296 e. The zero-order valence-corrected chi connectivity index (χ0v) is 17.5. The summed E-state index contributed by atoms with van der Waals surface area (Å²) >= 11 is 7.18. The van der Waals surface area contributed by atoms with Crippen molar-refractivity contribution < 1.29 is 13.2 Å². The number of carbonyl (C=O) groups is 1. The molecule has 0 bridgehead atoms. The maximum absolute atomic E-state index is 12.8. The first kappa shape index (κ1) is 20.2. The summed E-state index contributed by atoms with van der Waals surface area (Å²) in [6.07, 6.45) is 0.718. The van der Waals surface area contributed by atoms with E-state index in [1.54, 1.807) is 37.3 Å². The van der Waals surface area contributed by atoms with Gasteiger partial charge in [0.1, 0.15) is 5.01 Å². The third-order valence-corrected chi connectivity index (χ3v) is 6.55. The molecule has 0 fully saturated rings. The van der Waals surface area contributed by atoms with Gasteiger partial charge in [-0.25, -0.2) is 8.42 Å². The van der Waals surface area contributed by atoms with Crippen molar-refractivity contribution in [3.8, 4) is 0 Å². The molecule has 3 aromatic rings. The van der Waals surface area contributed by atoms with E-state index < -0.39 is 15.9 Å². The molecule has 0 unspecified atom stereocenters. The number of aryl methyl sites for hydroxylation is 2. The lowest BCUT2D eigenvalue weighted by Gasteiger charge is -2.12. The molecular weight excluding hydrogens is 420 g/mol. The summed E-state index contributed by atoms with van der Waals surface area (Å²) in [5, 5.41) is 12.1. The molecule has 1 heterocycles. The van der Waals surface area contributed by atoms with Gasteiger partial charge in [0.05, 0.1) is 10.6 Å². The number of nitrogens with one attached hydrogen (secondary N) is 2. The largest absolute Gasteiger partial charge is 0.296 e. The van der Waals surface area contributed by atoms with E-state index in [4.69, 9.17) is 11.6 Å². The van der Waals surface area contributed by atoms with Gasteiger partial charge >= 0.3 is 0 Å². The summed E-state index contributed by atoms with van der Waals surface area (Å²) in [5.74, 6) is -0.460. The molecule has 2 aromatic carbocycles. The van der Waals surface area contributed by atoms with Crippen molar-refractivity contribution in [1.82, 2.24) is 10.2 Å². The Balaban J connectivity index is 1.86. The Morgan fingerprint density at radius 2 is 1.96 bits per heavy atom. The van der Waals surface area contributed by atoms with Crippen molar-refractivity contribution >= 4 is 49.7 Å². The van der Waals surface area contributed by atoms with Crippen molar-refractivity contribution in [3.63, 3.8) is 0 Å². The Morgan fingerprint density at radius 3 is 2.64 bits per heavy atom. The normalized spacial score (nSPS) is 11.2. The standard InChI is InChI=1S/C18H17ClN4O3S2/c1-3-16-21-22-18(27-16)20-17(24)12-8-7-11(2)15(9-12)28(25,26)23-14-6-4-5-13(19)10-14/h4-10,23H,3H2,1-2H3,(H,20,22,24). The van der Waals surface area contributed by atoms with E-state index in [1.165, 1.54) is 23.5 Å². The smallest absolute Gasteiger partial charge is 0.262 e. The summed E-state index contributed by atoms with van der Waals surface area (Å²) in [6, 6.07) is 10.9. The van der Waals surface area contributed by atoms with Crippen LogP contribution in [0.2, 0.25) is 5.02 Å². The second kappa shape index (κ2) is 8.26. The van der Waals surface area contributed by atoms with Crippen LogP contribution in [0.15, 0.2) is 47.4 Å². The summed E-state index contributed by atoms with van der Waals surface area (Å²) in [4.78, 5) is 12.5. The van der Waals surface area contributed by atoms with Gasteiger partial charge in [-0.05, 0) is 49.2 Å². The van der Waals surface area contributed by atoms with Gasteiger partial charge in [-0.1, -0.05) is 42.0 Å². The van der Waals surface area contributed by atoms with Gasteiger partial charge in [-0.3, -0.25) is 14.8 Å². The zero-order chi connectivity index (χ0) is 20.3. The Morgan fingerprint density at radius 1 is 1.18 bits per heavy atom. The van der Waals surface area contributed by atoms with Crippen LogP contribution >= 0.6 is 22.9 Å². The fourth-order valence-corrected chi connectivity index (χ4v) is 4.60. The molecule has 0 aliphatic rings. The first-order valence-electron chi connectivity index (χ1n) is 8.31. The average Bonchev–Trinajstić information content (AvgIpc) is 3.09. The van der Waals surface area contributed by atoms with Gasteiger partial charge < -0.3 is 0 Å². The summed E-state index contributed by atoms with van der Waals surface area (Å²) in [6.45, 7) is 3.60. The van der Waals surface area contributed by atoms with Crippen molar-refractivity contribution in [3.05, 3.63) is 63.6 Å². The number of hydrogen-bond donors (Lipinski definition) is 2. The number of anilines is 2. The highest BCUT2D eigenvalue weighted by Crippen LogP contribution is 2.23. The van der Waals surface area contributed by atoms with E-state index >= 15 is 0 Å². The molecular formula is C18H17ClN4O3S2. The summed E-state index contributed by atoms with van der Waals surface area (Å²) in [7, 11) is -3.90. The predicted octanol–water partition coefficient (Wildman–Crippen LogP) is 4.12. The highest BCUT2D eigenvalue weighted by Gasteiger charge is 2.20. The molecule has 3 rings (SSSR count). The highest BCUT2D eigenvalue weighted by molar-refractivity contribution is 7.92. The molecule has 10 heteroatoms. The van der Waals surface area contributed by atoms with Crippen LogP contribution in [0, 0.1) is 6.92 Å². The lowest BCUT2D eigenvalue weighted by Crippen LogP contribution is -2.17. The van der Waals surface area contributed by atoms with E-state index in [1.807, 2.05) is 6.92 Å². The monoisotopic (exact) mass is 436 g/mol. The maximum atomic E-state index is 12.8. The van der Waals surface area contributed by atoms with E-state index in [9.17, 15) is 13.2 Å². The van der Waals surface area contributed by atoms with Crippen LogP contribution in [0.25, 0.3) is 0 Å². The van der Waals surface area contributed by atoms with Gasteiger partial charge in [-0.15, -0.1) is 10.2 Å².